The lowest BCUT2D eigenvalue weighted by atomic mass is 10.2. The molecule has 27 heavy (non-hydrogen) atoms. The molecular weight excluding hydrogens is 393 g/mol. The fourth-order valence-electron chi connectivity index (χ4n) is 2.87. The molecule has 0 spiro atoms. The summed E-state index contributed by atoms with van der Waals surface area (Å²) in [4.78, 5) is 8.69. The molecular formula is C17H13Cl2N5O3. The monoisotopic (exact) mass is 405 g/mol. The van der Waals surface area contributed by atoms with Crippen LogP contribution in [0.3, 0.4) is 0 Å². The third kappa shape index (κ3) is 3.03. The lowest BCUT2D eigenvalue weighted by Crippen LogP contribution is -2.99. The molecule has 138 valence electrons. The normalized spacial score (nSPS) is 12.5. The highest BCUT2D eigenvalue weighted by molar-refractivity contribution is 6.39. The summed E-state index contributed by atoms with van der Waals surface area (Å²) in [5.41, 5.74) is 2.12. The van der Waals surface area contributed by atoms with Gasteiger partial charge in [-0.15, -0.1) is 0 Å². The molecule has 10 heteroatoms. The van der Waals surface area contributed by atoms with Crippen molar-refractivity contribution in [3.8, 4) is 5.75 Å². The summed E-state index contributed by atoms with van der Waals surface area (Å²) in [6, 6.07) is 8.15. The average Bonchev–Trinajstić information content (AvgIpc) is 3.13. The Morgan fingerprint density at radius 2 is 2.00 bits per heavy atom. The quantitative estimate of drug-likeness (QED) is 0.450. The van der Waals surface area contributed by atoms with Gasteiger partial charge in [-0.25, -0.2) is 15.2 Å². The van der Waals surface area contributed by atoms with Gasteiger partial charge in [0, 0.05) is 18.2 Å². The number of para-hydroxylation sites is 1. The number of quaternary nitrogens is 1. The number of nitrogens with one attached hydrogen (secondary N) is 2. The molecule has 0 radical (unpaired) electrons. The van der Waals surface area contributed by atoms with E-state index in [-0.39, 0.29) is 5.69 Å². The van der Waals surface area contributed by atoms with Crippen LogP contribution in [-0.2, 0) is 0 Å². The van der Waals surface area contributed by atoms with Crippen LogP contribution in [0.2, 0.25) is 10.0 Å². The first-order valence-electron chi connectivity index (χ1n) is 7.77. The molecule has 8 nitrogen and oxygen atoms in total. The van der Waals surface area contributed by atoms with Gasteiger partial charge in [-0.05, 0) is 6.07 Å². The number of hydrogen-bond donors (Lipinski definition) is 3. The Bertz CT molecular complexity index is 1140. The summed E-state index contributed by atoms with van der Waals surface area (Å²) in [6.07, 6.45) is 3.12. The minimum absolute atomic E-state index is 0.134. The summed E-state index contributed by atoms with van der Waals surface area (Å²) in [5.74, 6) is 0.971. The lowest BCUT2D eigenvalue weighted by Gasteiger charge is -2.17. The number of aromatic nitrogens is 3. The van der Waals surface area contributed by atoms with Gasteiger partial charge >= 0.3 is 0 Å². The molecule has 0 aliphatic heterocycles. The van der Waals surface area contributed by atoms with Crippen molar-refractivity contribution in [2.45, 2.75) is 0 Å². The van der Waals surface area contributed by atoms with Gasteiger partial charge in [0.15, 0.2) is 11.5 Å². The van der Waals surface area contributed by atoms with E-state index in [9.17, 15) is 10.4 Å². The molecule has 2 aromatic carbocycles. The molecule has 0 aliphatic rings. The number of halogens is 2. The van der Waals surface area contributed by atoms with Crippen LogP contribution in [-0.4, -0.2) is 26.7 Å². The van der Waals surface area contributed by atoms with Crippen LogP contribution in [0.25, 0.3) is 16.6 Å². The fraction of sp³-hybridized carbons (Fsp3) is 0.0588. The van der Waals surface area contributed by atoms with E-state index in [4.69, 9.17) is 27.9 Å². The number of hydrogen-bond acceptors (Lipinski definition) is 6. The van der Waals surface area contributed by atoms with E-state index in [0.29, 0.717) is 43.9 Å². The second kappa shape index (κ2) is 6.84. The summed E-state index contributed by atoms with van der Waals surface area (Å²) in [6.45, 7) is 0. The van der Waals surface area contributed by atoms with E-state index < -0.39 is 5.23 Å². The first kappa shape index (κ1) is 17.8. The fourth-order valence-corrected chi connectivity index (χ4v) is 3.43. The topological polar surface area (TPSA) is 99.2 Å². The minimum atomic E-state index is -1.04. The predicted molar refractivity (Wildman–Crippen MR) is 103 cm³/mol. The Balaban J connectivity index is 1.92. The van der Waals surface area contributed by atoms with Crippen molar-refractivity contribution in [2.24, 2.45) is 0 Å². The van der Waals surface area contributed by atoms with Gasteiger partial charge in [0.2, 0.25) is 0 Å². The Morgan fingerprint density at radius 1 is 1.26 bits per heavy atom. The van der Waals surface area contributed by atoms with Gasteiger partial charge in [0.1, 0.15) is 23.1 Å². The molecule has 1 atom stereocenters. The van der Waals surface area contributed by atoms with E-state index in [1.807, 2.05) is 0 Å². The van der Waals surface area contributed by atoms with Crippen molar-refractivity contribution in [3.05, 3.63) is 58.1 Å². The van der Waals surface area contributed by atoms with Crippen LogP contribution < -0.4 is 15.3 Å². The molecule has 0 bridgehead atoms. The van der Waals surface area contributed by atoms with E-state index >= 15 is 0 Å². The number of nitrogens with zero attached hydrogens (tertiary/aromatic N) is 3. The van der Waals surface area contributed by atoms with Gasteiger partial charge in [-0.1, -0.05) is 29.3 Å². The zero-order valence-corrected chi connectivity index (χ0v) is 15.4. The highest BCUT2D eigenvalue weighted by atomic mass is 35.5. The Labute approximate surface area is 163 Å². The standard InChI is InChI=1S/C17H13Cl2N5O3/c1-27-9-5-10(18)15(11(19)6-9)22-17-14-7-20-8-23(14)16-12(21-17)3-2-4-13(16)24(25)26/h2-8,24-25H,1H3,(H,21,22). The van der Waals surface area contributed by atoms with Gasteiger partial charge in [0.05, 0.1) is 34.6 Å². The van der Waals surface area contributed by atoms with Crippen LogP contribution in [0, 0.1) is 5.21 Å². The second-order valence-electron chi connectivity index (χ2n) is 5.68. The number of fused-ring (bicyclic) bond motifs is 3. The number of imidazole rings is 1. The first-order valence-corrected chi connectivity index (χ1v) is 8.53. The second-order valence-corrected chi connectivity index (χ2v) is 6.49. The van der Waals surface area contributed by atoms with Crippen molar-refractivity contribution >= 4 is 56.9 Å². The molecule has 0 saturated heterocycles. The maximum Gasteiger partial charge on any atom is 0.190 e. The predicted octanol–water partition coefficient (Wildman–Crippen LogP) is 3.34. The van der Waals surface area contributed by atoms with E-state index in [0.717, 1.165) is 0 Å². The molecule has 0 saturated carbocycles. The third-order valence-electron chi connectivity index (χ3n) is 4.09. The maximum absolute atomic E-state index is 11.6. The lowest BCUT2D eigenvalue weighted by molar-refractivity contribution is -0.990. The number of methoxy groups -OCH3 is 1. The van der Waals surface area contributed by atoms with Crippen molar-refractivity contribution in [1.29, 1.82) is 0 Å². The van der Waals surface area contributed by atoms with Gasteiger partial charge in [-0.2, -0.15) is 5.23 Å². The summed E-state index contributed by atoms with van der Waals surface area (Å²) < 4.78 is 6.82. The Hall–Kier alpha value is -2.62. The van der Waals surface area contributed by atoms with Gasteiger partial charge < -0.3 is 15.3 Å². The van der Waals surface area contributed by atoms with Gasteiger partial charge in [-0.3, -0.25) is 4.40 Å². The summed E-state index contributed by atoms with van der Waals surface area (Å²) in [7, 11) is 1.52. The van der Waals surface area contributed by atoms with Crippen molar-refractivity contribution in [2.75, 3.05) is 12.4 Å². The van der Waals surface area contributed by atoms with Crippen LogP contribution >= 0.6 is 23.2 Å². The maximum atomic E-state index is 11.6. The summed E-state index contributed by atoms with van der Waals surface area (Å²) in [5, 5.41) is 23.9. The van der Waals surface area contributed by atoms with Crippen LogP contribution in [0.5, 0.6) is 5.75 Å². The number of rotatable bonds is 4. The van der Waals surface area contributed by atoms with Crippen LogP contribution in [0.4, 0.5) is 17.2 Å². The molecule has 4 aromatic rings. The molecule has 2 aromatic heterocycles. The average molecular weight is 406 g/mol. The number of benzene rings is 2. The molecule has 1 unspecified atom stereocenters. The first-order chi connectivity index (χ1) is 13.0. The Morgan fingerprint density at radius 3 is 2.67 bits per heavy atom. The van der Waals surface area contributed by atoms with E-state index in [2.05, 4.69) is 15.3 Å². The number of anilines is 2. The van der Waals surface area contributed by atoms with E-state index in [1.54, 1.807) is 34.9 Å². The van der Waals surface area contributed by atoms with Crippen molar-refractivity contribution < 1.29 is 15.2 Å². The summed E-state index contributed by atoms with van der Waals surface area (Å²) >= 11 is 12.6. The zero-order valence-electron chi connectivity index (χ0n) is 13.9. The zero-order chi connectivity index (χ0) is 19.1. The molecule has 0 aliphatic carbocycles. The van der Waals surface area contributed by atoms with E-state index in [1.165, 1.54) is 19.5 Å². The smallest absolute Gasteiger partial charge is 0.190 e. The molecule has 4 rings (SSSR count). The molecule has 3 N–H and O–H groups in total. The molecule has 0 amide bonds. The highest BCUT2D eigenvalue weighted by Gasteiger charge is 2.17. The molecule has 0 fully saturated rings. The highest BCUT2D eigenvalue weighted by Crippen LogP contribution is 2.37. The SMILES string of the molecule is COc1cc(Cl)c(Nc2nc3cccc([NH+]([O-])O)c3n3cncc23)c(Cl)c1. The molecule has 2 heterocycles. The van der Waals surface area contributed by atoms with Crippen molar-refractivity contribution in [1.82, 2.24) is 14.4 Å². The Kier molecular flexibility index (Phi) is 4.50. The number of ether oxygens (including phenoxy) is 1. The third-order valence-corrected chi connectivity index (χ3v) is 4.69. The van der Waals surface area contributed by atoms with Crippen molar-refractivity contribution in [3.63, 3.8) is 0 Å². The van der Waals surface area contributed by atoms with Gasteiger partial charge in [0.25, 0.3) is 0 Å². The van der Waals surface area contributed by atoms with Crippen LogP contribution in [0.15, 0.2) is 42.9 Å². The largest absolute Gasteiger partial charge is 0.595 e. The van der Waals surface area contributed by atoms with Crippen LogP contribution in [0.1, 0.15) is 0 Å². The minimum Gasteiger partial charge on any atom is -0.595 e.